The number of anilines is 1. The van der Waals surface area contributed by atoms with E-state index < -0.39 is 17.8 Å². The molecule has 5 rings (SSSR count). The molecule has 352 valence electrons. The van der Waals surface area contributed by atoms with Crippen LogP contribution in [0.5, 0.6) is 0 Å². The molecule has 1 fully saturated rings. The van der Waals surface area contributed by atoms with Crippen LogP contribution in [-0.2, 0) is 63.2 Å². The van der Waals surface area contributed by atoms with Gasteiger partial charge in [-0.1, -0.05) is 73.6 Å². The van der Waals surface area contributed by atoms with Gasteiger partial charge in [-0.2, -0.15) is 4.58 Å². The van der Waals surface area contributed by atoms with Gasteiger partial charge in [-0.3, -0.25) is 9.59 Å². The third-order valence-electron chi connectivity index (χ3n) is 11.2. The summed E-state index contributed by atoms with van der Waals surface area (Å²) >= 11 is 0. The van der Waals surface area contributed by atoms with Crippen molar-refractivity contribution in [2.45, 2.75) is 57.8 Å². The fourth-order valence-corrected chi connectivity index (χ4v) is 7.85. The van der Waals surface area contributed by atoms with Crippen molar-refractivity contribution in [2.24, 2.45) is 5.11 Å². The van der Waals surface area contributed by atoms with Crippen LogP contribution in [0.15, 0.2) is 89.7 Å². The molecule has 0 bridgehead atoms. The second-order valence-electron chi connectivity index (χ2n) is 16.3. The molecule has 3 aliphatic heterocycles. The molecule has 0 radical (unpaired) electrons. The molecule has 2 amide bonds. The highest BCUT2D eigenvalue weighted by Crippen LogP contribution is 2.47. The van der Waals surface area contributed by atoms with E-state index in [0.29, 0.717) is 104 Å². The van der Waals surface area contributed by atoms with Crippen molar-refractivity contribution < 1.29 is 57.0 Å². The molecule has 3 heterocycles. The van der Waals surface area contributed by atoms with Gasteiger partial charge in [-0.25, -0.2) is 4.79 Å². The molecular formula is C48H65N6O11+. The Balaban J connectivity index is 1.03. The molecule has 1 saturated heterocycles. The first kappa shape index (κ1) is 50.8. The van der Waals surface area contributed by atoms with Crippen molar-refractivity contribution in [3.05, 3.63) is 106 Å². The number of hydrogen-bond acceptors (Lipinski definition) is 13. The molecule has 65 heavy (non-hydrogen) atoms. The molecule has 0 unspecified atom stereocenters. The van der Waals surface area contributed by atoms with E-state index in [4.69, 9.17) is 43.5 Å². The zero-order valence-corrected chi connectivity index (χ0v) is 38.3. The van der Waals surface area contributed by atoms with Crippen LogP contribution in [0.25, 0.3) is 10.4 Å². The predicted octanol–water partition coefficient (Wildman–Crippen LogP) is 6.28. The Hall–Kier alpha value is -5.23. The van der Waals surface area contributed by atoms with Gasteiger partial charge in [-0.05, 0) is 37.1 Å². The van der Waals surface area contributed by atoms with Crippen molar-refractivity contribution in [1.29, 1.82) is 0 Å². The monoisotopic (exact) mass is 901 g/mol. The van der Waals surface area contributed by atoms with Crippen LogP contribution in [0.4, 0.5) is 11.4 Å². The lowest BCUT2D eigenvalue weighted by Crippen LogP contribution is -2.32. The quantitative estimate of drug-likeness (QED) is 0.0157. The average molecular weight is 902 g/mol. The molecule has 0 saturated carbocycles. The summed E-state index contributed by atoms with van der Waals surface area (Å²) in [6, 6.07) is 17.1. The Bertz CT molecular complexity index is 2040. The highest BCUT2D eigenvalue weighted by Gasteiger charge is 2.44. The number of azide groups is 1. The van der Waals surface area contributed by atoms with E-state index in [2.05, 4.69) is 126 Å². The maximum atomic E-state index is 11.8. The SMILES string of the molecule is CC1(C)C(=C/C=C/C=C/C2=[N+](CCOCCOCCOCCOCCC(=O)ON3C(=O)CCC3=O)c3ccccc3C2(C)C)N(CCOCCOCCOCCN=[N+]=[N-])c2ccccc21. The average Bonchev–Trinajstić information content (AvgIpc) is 3.81. The molecule has 0 aromatic heterocycles. The Morgan fingerprint density at radius 3 is 1.89 bits per heavy atom. The number of hydroxylamine groups is 2. The summed E-state index contributed by atoms with van der Waals surface area (Å²) in [6.07, 6.45) is 10.8. The lowest BCUT2D eigenvalue weighted by molar-refractivity contribution is -0.442. The lowest BCUT2D eigenvalue weighted by atomic mass is 9.81. The first-order chi connectivity index (χ1) is 31.6. The second kappa shape index (κ2) is 26.7. The topological polar surface area (TPSA) is 183 Å². The van der Waals surface area contributed by atoms with E-state index in [0.717, 1.165) is 0 Å². The van der Waals surface area contributed by atoms with Crippen LogP contribution in [0.1, 0.15) is 58.1 Å². The van der Waals surface area contributed by atoms with E-state index in [1.165, 1.54) is 33.9 Å². The van der Waals surface area contributed by atoms with Crippen molar-refractivity contribution in [1.82, 2.24) is 5.06 Å². The lowest BCUT2D eigenvalue weighted by Gasteiger charge is -2.27. The second-order valence-corrected chi connectivity index (χ2v) is 16.3. The van der Waals surface area contributed by atoms with Crippen LogP contribution >= 0.6 is 0 Å². The van der Waals surface area contributed by atoms with E-state index >= 15 is 0 Å². The number of ether oxygens (including phenoxy) is 7. The van der Waals surface area contributed by atoms with Gasteiger partial charge in [0, 0.05) is 65.3 Å². The van der Waals surface area contributed by atoms with Gasteiger partial charge in [0.25, 0.3) is 11.8 Å². The summed E-state index contributed by atoms with van der Waals surface area (Å²) in [7, 11) is 0. The third kappa shape index (κ3) is 14.9. The Morgan fingerprint density at radius 2 is 1.25 bits per heavy atom. The number of fused-ring (bicyclic) bond motifs is 2. The van der Waals surface area contributed by atoms with Crippen LogP contribution in [0.2, 0.25) is 0 Å². The van der Waals surface area contributed by atoms with Crippen LogP contribution in [0.3, 0.4) is 0 Å². The van der Waals surface area contributed by atoms with Crippen LogP contribution in [-0.4, -0.2) is 145 Å². The van der Waals surface area contributed by atoms with Gasteiger partial charge in [0.15, 0.2) is 12.3 Å². The molecule has 2 aromatic carbocycles. The van der Waals surface area contributed by atoms with Crippen LogP contribution in [0, 0.1) is 0 Å². The minimum absolute atomic E-state index is 0.0542. The van der Waals surface area contributed by atoms with E-state index in [9.17, 15) is 14.4 Å². The van der Waals surface area contributed by atoms with Crippen molar-refractivity contribution in [2.75, 3.05) is 117 Å². The Labute approximate surface area is 382 Å². The third-order valence-corrected chi connectivity index (χ3v) is 11.2. The summed E-state index contributed by atoms with van der Waals surface area (Å²) in [6.45, 7) is 16.4. The number of carbonyl (C=O) groups excluding carboxylic acids is 3. The smallest absolute Gasteiger partial charge is 0.335 e. The van der Waals surface area contributed by atoms with Crippen LogP contribution < -0.4 is 4.90 Å². The summed E-state index contributed by atoms with van der Waals surface area (Å²) < 4.78 is 41.9. The molecule has 0 N–H and O–H groups in total. The maximum absolute atomic E-state index is 11.8. The number of allylic oxidation sites excluding steroid dienone is 6. The standard InChI is InChI=1S/C48H65N6O11/c1-47(2)38-12-8-10-14-40(38)52(22-26-60-30-34-63-33-29-59-25-21-50-51-49)42(47)16-6-5-7-17-43-48(3,4)39-13-9-11-15-41(39)53(43)23-27-61-31-35-64-37-36-62-32-28-58-24-20-46(57)65-54-44(55)18-19-45(54)56/h5-17H,18-37H2,1-4H3/q+1. The van der Waals surface area contributed by atoms with Gasteiger partial charge in [0.05, 0.1) is 97.7 Å². The highest BCUT2D eigenvalue weighted by atomic mass is 16.7. The first-order valence-electron chi connectivity index (χ1n) is 22.4. The summed E-state index contributed by atoms with van der Waals surface area (Å²) in [4.78, 5) is 44.8. The van der Waals surface area contributed by atoms with Gasteiger partial charge >= 0.3 is 5.97 Å². The molecule has 0 aliphatic carbocycles. The van der Waals surface area contributed by atoms with E-state index in [1.807, 2.05) is 0 Å². The van der Waals surface area contributed by atoms with E-state index in [1.54, 1.807) is 0 Å². The molecule has 17 heteroatoms. The number of amides is 2. The summed E-state index contributed by atoms with van der Waals surface area (Å²) in [5, 5.41) is 3.97. The number of carbonyl (C=O) groups is 3. The largest absolute Gasteiger partial charge is 0.379 e. The number of imide groups is 1. The fourth-order valence-electron chi connectivity index (χ4n) is 7.85. The number of hydrogen-bond donors (Lipinski definition) is 0. The predicted molar refractivity (Wildman–Crippen MR) is 244 cm³/mol. The molecule has 0 spiro atoms. The molecule has 0 atom stereocenters. The Morgan fingerprint density at radius 1 is 0.692 bits per heavy atom. The molecule has 3 aliphatic rings. The zero-order chi connectivity index (χ0) is 46.3. The number of nitrogens with zero attached hydrogens (tertiary/aromatic N) is 6. The molecule has 2 aromatic rings. The van der Waals surface area contributed by atoms with Gasteiger partial charge in [0.1, 0.15) is 6.61 Å². The van der Waals surface area contributed by atoms with Crippen molar-refractivity contribution in [3.63, 3.8) is 0 Å². The first-order valence-corrected chi connectivity index (χ1v) is 22.4. The van der Waals surface area contributed by atoms with Gasteiger partial charge < -0.3 is 42.9 Å². The molecule has 17 nitrogen and oxygen atoms in total. The minimum Gasteiger partial charge on any atom is -0.379 e. The molecular weight excluding hydrogens is 837 g/mol. The Kier molecular flexibility index (Phi) is 20.8. The van der Waals surface area contributed by atoms with Crippen molar-refractivity contribution in [3.8, 4) is 0 Å². The van der Waals surface area contributed by atoms with Crippen molar-refractivity contribution >= 4 is 34.9 Å². The highest BCUT2D eigenvalue weighted by molar-refractivity contribution is 6.03. The normalized spacial score (nSPS) is 17.0. The number of rotatable bonds is 31. The number of benzene rings is 2. The summed E-state index contributed by atoms with van der Waals surface area (Å²) in [5.41, 5.74) is 15.3. The van der Waals surface area contributed by atoms with E-state index in [-0.39, 0.29) is 43.3 Å². The number of para-hydroxylation sites is 2. The van der Waals surface area contributed by atoms with Gasteiger partial charge in [0.2, 0.25) is 5.69 Å². The minimum atomic E-state index is -0.699. The van der Waals surface area contributed by atoms with Gasteiger partial charge in [-0.15, -0.1) is 5.06 Å². The zero-order valence-electron chi connectivity index (χ0n) is 38.3. The summed E-state index contributed by atoms with van der Waals surface area (Å²) in [5.74, 6) is -1.72. The fraction of sp³-hybridized carbons (Fsp3) is 0.542. The maximum Gasteiger partial charge on any atom is 0.335 e.